The minimum atomic E-state index is -0.398. The molecule has 0 atom stereocenters. The number of allylic oxidation sites excluding steroid dienone is 1. The number of rotatable bonds is 7. The molecule has 0 heterocycles. The van der Waals surface area contributed by atoms with Crippen LogP contribution in [0.1, 0.15) is 40.9 Å². The lowest BCUT2D eigenvalue weighted by atomic mass is 9.88. The number of hydrogen-bond acceptors (Lipinski definition) is 4. The van der Waals surface area contributed by atoms with Gasteiger partial charge in [0, 0.05) is 36.4 Å². The van der Waals surface area contributed by atoms with Crippen molar-refractivity contribution in [2.75, 3.05) is 18.0 Å². The number of amides is 1. The summed E-state index contributed by atoms with van der Waals surface area (Å²) >= 11 is 0. The standard InChI is InChI=1S/C29H29N3O2/c1-4-32(5-2)22-15-16-26(20(3)17-22)31-27-18-25(28(33)24-14-10-9-13-23(24)27)29(34)30-19-21-11-7-6-8-12-21/h6-18H,4-5,19H2,1-3H3,(H,30,34). The van der Waals surface area contributed by atoms with Gasteiger partial charge < -0.3 is 10.2 Å². The lowest BCUT2D eigenvalue weighted by Gasteiger charge is -2.22. The van der Waals surface area contributed by atoms with Crippen molar-refractivity contribution in [3.63, 3.8) is 0 Å². The second-order valence-electron chi connectivity index (χ2n) is 8.24. The number of ketones is 1. The third-order valence-electron chi connectivity index (χ3n) is 6.06. The van der Waals surface area contributed by atoms with Crippen LogP contribution in [0, 0.1) is 6.92 Å². The molecule has 0 saturated heterocycles. The van der Waals surface area contributed by atoms with E-state index in [-0.39, 0.29) is 11.4 Å². The van der Waals surface area contributed by atoms with E-state index in [2.05, 4.69) is 36.2 Å². The highest BCUT2D eigenvalue weighted by Crippen LogP contribution is 2.28. The number of hydrogen-bond donors (Lipinski definition) is 1. The monoisotopic (exact) mass is 451 g/mol. The molecular weight excluding hydrogens is 422 g/mol. The molecule has 0 aromatic heterocycles. The topological polar surface area (TPSA) is 61.8 Å². The van der Waals surface area contributed by atoms with Crippen LogP contribution in [0.15, 0.2) is 89.4 Å². The van der Waals surface area contributed by atoms with Gasteiger partial charge in [-0.05, 0) is 56.2 Å². The van der Waals surface area contributed by atoms with Crippen molar-refractivity contribution >= 4 is 28.8 Å². The first kappa shape index (κ1) is 23.2. The SMILES string of the molecule is CCN(CC)c1ccc(N=C2C=C(C(=O)NCc3ccccc3)C(=O)c3ccccc32)c(C)c1. The van der Waals surface area contributed by atoms with E-state index < -0.39 is 5.91 Å². The Balaban J connectivity index is 1.68. The molecule has 1 amide bonds. The molecule has 34 heavy (non-hydrogen) atoms. The van der Waals surface area contributed by atoms with Crippen molar-refractivity contribution in [1.29, 1.82) is 0 Å². The largest absolute Gasteiger partial charge is 0.372 e. The summed E-state index contributed by atoms with van der Waals surface area (Å²) in [7, 11) is 0. The van der Waals surface area contributed by atoms with E-state index >= 15 is 0 Å². The van der Waals surface area contributed by atoms with Crippen molar-refractivity contribution in [2.45, 2.75) is 27.3 Å². The van der Waals surface area contributed by atoms with Crippen molar-refractivity contribution in [2.24, 2.45) is 4.99 Å². The van der Waals surface area contributed by atoms with Crippen molar-refractivity contribution in [3.05, 3.63) is 107 Å². The smallest absolute Gasteiger partial charge is 0.255 e. The van der Waals surface area contributed by atoms with E-state index in [1.165, 1.54) is 0 Å². The molecule has 5 heteroatoms. The summed E-state index contributed by atoms with van der Waals surface area (Å²) < 4.78 is 0. The molecular formula is C29H29N3O2. The highest BCUT2D eigenvalue weighted by molar-refractivity contribution is 6.35. The first-order valence-corrected chi connectivity index (χ1v) is 11.6. The van der Waals surface area contributed by atoms with E-state index in [0.717, 1.165) is 41.2 Å². The molecule has 0 spiro atoms. The molecule has 172 valence electrons. The van der Waals surface area contributed by atoms with E-state index in [1.807, 2.05) is 61.5 Å². The molecule has 5 nitrogen and oxygen atoms in total. The molecule has 0 radical (unpaired) electrons. The van der Waals surface area contributed by atoms with Gasteiger partial charge in [-0.1, -0.05) is 54.6 Å². The summed E-state index contributed by atoms with van der Waals surface area (Å²) in [6.45, 7) is 8.52. The molecule has 1 aliphatic rings. The van der Waals surface area contributed by atoms with Gasteiger partial charge in [0.25, 0.3) is 5.91 Å². The van der Waals surface area contributed by atoms with E-state index in [9.17, 15) is 9.59 Å². The van der Waals surface area contributed by atoms with Crippen LogP contribution in [0.3, 0.4) is 0 Å². The van der Waals surface area contributed by atoms with Crippen LogP contribution in [0.4, 0.5) is 11.4 Å². The van der Waals surface area contributed by atoms with Crippen molar-refractivity contribution in [3.8, 4) is 0 Å². The Labute approximate surface area is 200 Å². The Morgan fingerprint density at radius 3 is 2.26 bits per heavy atom. The van der Waals surface area contributed by atoms with Crippen LogP contribution in [0.25, 0.3) is 0 Å². The molecule has 0 fully saturated rings. The maximum atomic E-state index is 13.1. The van der Waals surface area contributed by atoms with Crippen LogP contribution in [0.2, 0.25) is 0 Å². The molecule has 0 saturated carbocycles. The Hall–Kier alpha value is -3.99. The summed E-state index contributed by atoms with van der Waals surface area (Å²) in [6.07, 6.45) is 1.61. The first-order valence-electron chi connectivity index (χ1n) is 11.6. The Bertz CT molecular complexity index is 1270. The van der Waals surface area contributed by atoms with Gasteiger partial charge in [0.2, 0.25) is 0 Å². The van der Waals surface area contributed by atoms with Crippen LogP contribution < -0.4 is 10.2 Å². The highest BCUT2D eigenvalue weighted by atomic mass is 16.2. The number of anilines is 1. The maximum Gasteiger partial charge on any atom is 0.255 e. The second kappa shape index (κ2) is 10.3. The van der Waals surface area contributed by atoms with Gasteiger partial charge in [0.15, 0.2) is 5.78 Å². The fraction of sp³-hybridized carbons (Fsp3) is 0.207. The second-order valence-corrected chi connectivity index (χ2v) is 8.24. The maximum absolute atomic E-state index is 13.1. The van der Waals surface area contributed by atoms with E-state index in [0.29, 0.717) is 17.8 Å². The average Bonchev–Trinajstić information content (AvgIpc) is 2.87. The van der Waals surface area contributed by atoms with E-state index in [1.54, 1.807) is 12.1 Å². The van der Waals surface area contributed by atoms with Crippen LogP contribution >= 0.6 is 0 Å². The van der Waals surface area contributed by atoms with Gasteiger partial charge >= 0.3 is 0 Å². The van der Waals surface area contributed by atoms with E-state index in [4.69, 9.17) is 4.99 Å². The summed E-state index contributed by atoms with van der Waals surface area (Å²) in [5.41, 5.74) is 5.92. The molecule has 4 rings (SSSR count). The first-order chi connectivity index (χ1) is 16.5. The van der Waals surface area contributed by atoms with Crippen molar-refractivity contribution < 1.29 is 9.59 Å². The Morgan fingerprint density at radius 2 is 1.59 bits per heavy atom. The average molecular weight is 452 g/mol. The zero-order chi connectivity index (χ0) is 24.1. The number of fused-ring (bicyclic) bond motifs is 1. The lowest BCUT2D eigenvalue weighted by molar-refractivity contribution is -0.117. The van der Waals surface area contributed by atoms with Gasteiger partial charge in [-0.25, -0.2) is 4.99 Å². The number of nitrogens with one attached hydrogen (secondary N) is 1. The molecule has 0 aliphatic heterocycles. The summed E-state index contributed by atoms with van der Waals surface area (Å²) in [4.78, 5) is 33.3. The normalized spacial score (nSPS) is 13.9. The van der Waals surface area contributed by atoms with Gasteiger partial charge in [0.05, 0.1) is 17.0 Å². The van der Waals surface area contributed by atoms with Crippen LogP contribution in [0.5, 0.6) is 0 Å². The quantitative estimate of drug-likeness (QED) is 0.489. The molecule has 3 aromatic carbocycles. The zero-order valence-electron chi connectivity index (χ0n) is 19.8. The van der Waals surface area contributed by atoms with Crippen LogP contribution in [-0.4, -0.2) is 30.5 Å². The fourth-order valence-corrected chi connectivity index (χ4v) is 4.14. The molecule has 0 bridgehead atoms. The molecule has 0 unspecified atom stereocenters. The Morgan fingerprint density at radius 1 is 0.912 bits per heavy atom. The highest BCUT2D eigenvalue weighted by Gasteiger charge is 2.28. The summed E-state index contributed by atoms with van der Waals surface area (Å²) in [5, 5.41) is 2.87. The number of nitrogens with zero attached hydrogens (tertiary/aromatic N) is 2. The van der Waals surface area contributed by atoms with Crippen LogP contribution in [-0.2, 0) is 11.3 Å². The number of Topliss-reactive ketones (excluding diaryl/α,β-unsaturated/α-hetero) is 1. The third-order valence-corrected chi connectivity index (χ3v) is 6.06. The number of aryl methyl sites for hydroxylation is 1. The predicted molar refractivity (Wildman–Crippen MR) is 138 cm³/mol. The lowest BCUT2D eigenvalue weighted by Crippen LogP contribution is -2.31. The number of benzene rings is 3. The summed E-state index contributed by atoms with van der Waals surface area (Å²) in [6, 6.07) is 23.1. The van der Waals surface area contributed by atoms with Crippen molar-refractivity contribution in [1.82, 2.24) is 5.32 Å². The van der Waals surface area contributed by atoms with Gasteiger partial charge in [-0.3, -0.25) is 9.59 Å². The number of carbonyl (C=O) groups is 2. The predicted octanol–water partition coefficient (Wildman–Crippen LogP) is 5.40. The minimum Gasteiger partial charge on any atom is -0.372 e. The molecule has 1 aliphatic carbocycles. The minimum absolute atomic E-state index is 0.103. The molecule has 3 aromatic rings. The third kappa shape index (κ3) is 4.84. The number of carbonyl (C=O) groups excluding carboxylic acids is 2. The van der Waals surface area contributed by atoms with Gasteiger partial charge in [-0.2, -0.15) is 0 Å². The summed E-state index contributed by atoms with van der Waals surface area (Å²) in [5.74, 6) is -0.682. The fourth-order valence-electron chi connectivity index (χ4n) is 4.14. The van der Waals surface area contributed by atoms with Gasteiger partial charge in [0.1, 0.15) is 0 Å². The zero-order valence-corrected chi connectivity index (χ0v) is 19.8. The number of aliphatic imine (C=N–C) groups is 1. The molecule has 1 N–H and O–H groups in total. The van der Waals surface area contributed by atoms with Gasteiger partial charge in [-0.15, -0.1) is 0 Å². The Kier molecular flexibility index (Phi) is 7.02.